The molecule has 4 heteroatoms. The van der Waals surface area contributed by atoms with E-state index in [0.29, 0.717) is 5.56 Å². The van der Waals surface area contributed by atoms with Crippen LogP contribution in [0.15, 0.2) is 29.4 Å². The Morgan fingerprint density at radius 3 is 2.67 bits per heavy atom. The highest BCUT2D eigenvalue weighted by atomic mass is 16.3. The van der Waals surface area contributed by atoms with Crippen LogP contribution in [0.25, 0.3) is 0 Å². The van der Waals surface area contributed by atoms with Crippen LogP contribution in [0, 0.1) is 0 Å². The van der Waals surface area contributed by atoms with E-state index in [1.54, 1.807) is 18.3 Å². The number of unbranched alkanes of at least 4 members (excludes halogenated alkanes) is 4. The number of carbonyl (C=O) groups excluding carboxylic acids is 1. The third-order valence-corrected chi connectivity index (χ3v) is 2.57. The maximum Gasteiger partial charge on any atom is 0.271 e. The first-order valence-corrected chi connectivity index (χ1v) is 6.35. The quantitative estimate of drug-likeness (QED) is 0.442. The molecule has 0 radical (unpaired) electrons. The van der Waals surface area contributed by atoms with Crippen LogP contribution in [0.2, 0.25) is 0 Å². The van der Waals surface area contributed by atoms with Crippen molar-refractivity contribution in [2.24, 2.45) is 5.10 Å². The van der Waals surface area contributed by atoms with Gasteiger partial charge < -0.3 is 5.11 Å². The predicted octanol–water partition coefficient (Wildman–Crippen LogP) is 3.08. The molecule has 1 amide bonds. The molecule has 1 rings (SSSR count). The van der Waals surface area contributed by atoms with E-state index in [0.717, 1.165) is 12.8 Å². The van der Waals surface area contributed by atoms with Crippen LogP contribution in [0.4, 0.5) is 0 Å². The molecule has 4 nitrogen and oxygen atoms in total. The normalized spacial score (nSPS) is 10.7. The molecule has 0 atom stereocenters. The van der Waals surface area contributed by atoms with Gasteiger partial charge in [-0.25, -0.2) is 5.43 Å². The van der Waals surface area contributed by atoms with Gasteiger partial charge in [-0.1, -0.05) is 26.2 Å². The molecule has 1 aromatic rings. The Hall–Kier alpha value is -1.84. The number of phenolic OH excluding ortho intramolecular Hbond substituents is 1. The Kier molecular flexibility index (Phi) is 6.54. The number of hydrogen-bond acceptors (Lipinski definition) is 3. The largest absolute Gasteiger partial charge is 0.508 e. The Morgan fingerprint density at radius 1 is 1.28 bits per heavy atom. The summed E-state index contributed by atoms with van der Waals surface area (Å²) in [5.74, 6) is -0.120. The number of rotatable bonds is 7. The molecule has 0 saturated carbocycles. The van der Waals surface area contributed by atoms with Gasteiger partial charge in [0.05, 0.1) is 0 Å². The van der Waals surface area contributed by atoms with Crippen molar-refractivity contribution in [1.29, 1.82) is 0 Å². The lowest BCUT2D eigenvalue weighted by molar-refractivity contribution is 0.0955. The van der Waals surface area contributed by atoms with Gasteiger partial charge in [0.2, 0.25) is 0 Å². The zero-order valence-electron chi connectivity index (χ0n) is 10.7. The van der Waals surface area contributed by atoms with E-state index < -0.39 is 0 Å². The van der Waals surface area contributed by atoms with Crippen molar-refractivity contribution < 1.29 is 9.90 Å². The van der Waals surface area contributed by atoms with Gasteiger partial charge in [-0.3, -0.25) is 4.79 Å². The van der Waals surface area contributed by atoms with Crippen molar-refractivity contribution in [2.75, 3.05) is 0 Å². The molecule has 0 saturated heterocycles. The molecular formula is C14H20N2O2. The van der Waals surface area contributed by atoms with Crippen LogP contribution in [-0.2, 0) is 0 Å². The molecule has 2 N–H and O–H groups in total. The summed E-state index contributed by atoms with van der Waals surface area (Å²) in [5, 5.41) is 13.0. The van der Waals surface area contributed by atoms with E-state index in [9.17, 15) is 4.79 Å². The van der Waals surface area contributed by atoms with Crippen molar-refractivity contribution in [1.82, 2.24) is 5.43 Å². The van der Waals surface area contributed by atoms with Crippen LogP contribution in [0.3, 0.4) is 0 Å². The summed E-state index contributed by atoms with van der Waals surface area (Å²) in [4.78, 5) is 11.6. The summed E-state index contributed by atoms with van der Waals surface area (Å²) in [7, 11) is 0. The van der Waals surface area contributed by atoms with Crippen molar-refractivity contribution in [2.45, 2.75) is 39.0 Å². The second-order valence-electron chi connectivity index (χ2n) is 4.15. The van der Waals surface area contributed by atoms with Crippen LogP contribution in [0.5, 0.6) is 5.75 Å². The lowest BCUT2D eigenvalue weighted by Crippen LogP contribution is -2.17. The minimum Gasteiger partial charge on any atom is -0.508 e. The van der Waals surface area contributed by atoms with Crippen molar-refractivity contribution in [3.05, 3.63) is 29.8 Å². The topological polar surface area (TPSA) is 61.7 Å². The van der Waals surface area contributed by atoms with Crippen molar-refractivity contribution in [3.63, 3.8) is 0 Å². The third-order valence-electron chi connectivity index (χ3n) is 2.57. The second-order valence-corrected chi connectivity index (χ2v) is 4.15. The predicted molar refractivity (Wildman–Crippen MR) is 72.8 cm³/mol. The van der Waals surface area contributed by atoms with E-state index in [4.69, 9.17) is 5.11 Å². The summed E-state index contributed by atoms with van der Waals surface area (Å²) in [5.41, 5.74) is 2.94. The number of amides is 1. The molecule has 0 bridgehead atoms. The first-order valence-electron chi connectivity index (χ1n) is 6.35. The number of benzene rings is 1. The van der Waals surface area contributed by atoms with E-state index in [1.807, 2.05) is 0 Å². The molecule has 0 aliphatic carbocycles. The number of carbonyl (C=O) groups is 1. The second kappa shape index (κ2) is 8.28. The van der Waals surface area contributed by atoms with E-state index in [-0.39, 0.29) is 11.7 Å². The first-order chi connectivity index (χ1) is 8.74. The van der Waals surface area contributed by atoms with Gasteiger partial charge in [0, 0.05) is 11.8 Å². The van der Waals surface area contributed by atoms with Gasteiger partial charge in [-0.05, 0) is 37.1 Å². The average molecular weight is 248 g/mol. The Morgan fingerprint density at radius 2 is 2.00 bits per heavy atom. The van der Waals surface area contributed by atoms with Gasteiger partial charge in [0.25, 0.3) is 5.91 Å². The summed E-state index contributed by atoms with van der Waals surface area (Å²) in [6, 6.07) is 6.07. The average Bonchev–Trinajstić information content (AvgIpc) is 2.38. The monoisotopic (exact) mass is 248 g/mol. The SMILES string of the molecule is CCCCCCC=NNC(=O)c1ccc(O)cc1. The maximum atomic E-state index is 11.6. The number of phenols is 1. The lowest BCUT2D eigenvalue weighted by atomic mass is 10.2. The fourth-order valence-electron chi connectivity index (χ4n) is 1.51. The van der Waals surface area contributed by atoms with E-state index >= 15 is 0 Å². The number of nitrogens with zero attached hydrogens (tertiary/aromatic N) is 1. The molecule has 0 aliphatic heterocycles. The van der Waals surface area contributed by atoms with Crippen molar-refractivity contribution in [3.8, 4) is 5.75 Å². The maximum absolute atomic E-state index is 11.6. The molecule has 0 heterocycles. The van der Waals surface area contributed by atoms with Crippen LogP contribution < -0.4 is 5.43 Å². The fraction of sp³-hybridized carbons (Fsp3) is 0.429. The van der Waals surface area contributed by atoms with Crippen LogP contribution >= 0.6 is 0 Å². The number of nitrogens with one attached hydrogen (secondary N) is 1. The molecular weight excluding hydrogens is 228 g/mol. The molecule has 0 aliphatic rings. The molecule has 0 unspecified atom stereocenters. The zero-order chi connectivity index (χ0) is 13.2. The first kappa shape index (κ1) is 14.2. The molecule has 98 valence electrons. The number of hydrazone groups is 1. The van der Waals surface area contributed by atoms with Crippen LogP contribution in [0.1, 0.15) is 49.4 Å². The Bertz CT molecular complexity index is 385. The highest BCUT2D eigenvalue weighted by molar-refractivity contribution is 5.94. The van der Waals surface area contributed by atoms with E-state index in [1.165, 1.54) is 31.4 Å². The number of hydrogen-bond donors (Lipinski definition) is 2. The molecule has 1 aromatic carbocycles. The van der Waals surface area contributed by atoms with Crippen molar-refractivity contribution >= 4 is 12.1 Å². The van der Waals surface area contributed by atoms with Gasteiger partial charge in [-0.2, -0.15) is 5.10 Å². The van der Waals surface area contributed by atoms with Crippen LogP contribution in [-0.4, -0.2) is 17.2 Å². The molecule has 0 spiro atoms. The third kappa shape index (κ3) is 5.48. The smallest absolute Gasteiger partial charge is 0.271 e. The van der Waals surface area contributed by atoms with Gasteiger partial charge in [0.1, 0.15) is 5.75 Å². The summed E-state index contributed by atoms with van der Waals surface area (Å²) in [6.45, 7) is 2.17. The molecule has 0 aromatic heterocycles. The molecule has 18 heavy (non-hydrogen) atoms. The standard InChI is InChI=1S/C14H20N2O2/c1-2-3-4-5-6-11-15-16-14(18)12-7-9-13(17)10-8-12/h7-11,17H,2-6H2,1H3,(H,16,18). The van der Waals surface area contributed by atoms with E-state index in [2.05, 4.69) is 17.5 Å². The highest BCUT2D eigenvalue weighted by Crippen LogP contribution is 2.09. The lowest BCUT2D eigenvalue weighted by Gasteiger charge is -1.99. The van der Waals surface area contributed by atoms with Gasteiger partial charge >= 0.3 is 0 Å². The zero-order valence-corrected chi connectivity index (χ0v) is 10.7. The minimum atomic E-state index is -0.264. The minimum absolute atomic E-state index is 0.144. The fourth-order valence-corrected chi connectivity index (χ4v) is 1.51. The Labute approximate surface area is 108 Å². The summed E-state index contributed by atoms with van der Waals surface area (Å²) < 4.78 is 0. The molecule has 0 fully saturated rings. The van der Waals surface area contributed by atoms with Gasteiger partial charge in [-0.15, -0.1) is 0 Å². The van der Waals surface area contributed by atoms with Gasteiger partial charge in [0.15, 0.2) is 0 Å². The summed E-state index contributed by atoms with van der Waals surface area (Å²) in [6.07, 6.45) is 7.38. The number of aromatic hydroxyl groups is 1. The summed E-state index contributed by atoms with van der Waals surface area (Å²) >= 11 is 0. The highest BCUT2D eigenvalue weighted by Gasteiger charge is 2.02. The Balaban J connectivity index is 2.24.